The third-order valence-electron chi connectivity index (χ3n) is 2.58. The molecule has 0 unspecified atom stereocenters. The summed E-state index contributed by atoms with van der Waals surface area (Å²) >= 11 is 4.97. The lowest BCUT2D eigenvalue weighted by atomic mass is 10.2. The number of aryl methyl sites for hydroxylation is 1. The summed E-state index contributed by atoms with van der Waals surface area (Å²) < 4.78 is 1.03. The molecule has 94 valence electrons. The maximum atomic E-state index is 11.9. The maximum absolute atomic E-state index is 11.9. The van der Waals surface area contributed by atoms with Crippen molar-refractivity contribution in [2.75, 3.05) is 0 Å². The van der Waals surface area contributed by atoms with Crippen molar-refractivity contribution in [1.29, 1.82) is 0 Å². The van der Waals surface area contributed by atoms with Crippen LogP contribution >= 0.6 is 27.3 Å². The number of carbonyl (C=O) groups is 1. The van der Waals surface area contributed by atoms with Crippen LogP contribution in [0.4, 0.5) is 0 Å². The topological polar surface area (TPSA) is 29.1 Å². The Bertz CT molecular complexity index is 550. The summed E-state index contributed by atoms with van der Waals surface area (Å²) in [6.45, 7) is 2.65. The Morgan fingerprint density at radius 2 is 2.17 bits per heavy atom. The molecule has 0 atom stereocenters. The molecule has 0 aliphatic carbocycles. The second-order valence-electron chi connectivity index (χ2n) is 3.93. The molecule has 2 rings (SSSR count). The van der Waals surface area contributed by atoms with E-state index in [2.05, 4.69) is 28.2 Å². The van der Waals surface area contributed by atoms with Crippen LogP contribution in [-0.4, -0.2) is 5.91 Å². The zero-order valence-corrected chi connectivity index (χ0v) is 12.5. The van der Waals surface area contributed by atoms with Gasteiger partial charge in [0, 0.05) is 15.9 Å². The summed E-state index contributed by atoms with van der Waals surface area (Å²) in [5.41, 5.74) is 1.09. The van der Waals surface area contributed by atoms with Crippen molar-refractivity contribution in [2.45, 2.75) is 19.9 Å². The molecule has 1 aromatic carbocycles. The molecule has 1 amide bonds. The molecule has 4 heteroatoms. The quantitative estimate of drug-likeness (QED) is 0.905. The van der Waals surface area contributed by atoms with Gasteiger partial charge in [-0.1, -0.05) is 35.0 Å². The molecule has 1 aromatic heterocycles. The van der Waals surface area contributed by atoms with E-state index >= 15 is 0 Å². The molecule has 0 fully saturated rings. The van der Waals surface area contributed by atoms with E-state index < -0.39 is 0 Å². The number of hydrogen-bond donors (Lipinski definition) is 1. The van der Waals surface area contributed by atoms with Crippen LogP contribution in [0.15, 0.2) is 40.9 Å². The molecule has 18 heavy (non-hydrogen) atoms. The largest absolute Gasteiger partial charge is 0.347 e. The number of benzene rings is 1. The molecule has 0 aliphatic rings. The molecule has 2 nitrogen and oxygen atoms in total. The van der Waals surface area contributed by atoms with Gasteiger partial charge in [0.2, 0.25) is 0 Å². The Labute approximate surface area is 119 Å². The van der Waals surface area contributed by atoms with Crippen molar-refractivity contribution in [3.8, 4) is 0 Å². The van der Waals surface area contributed by atoms with Crippen LogP contribution in [-0.2, 0) is 13.0 Å². The first-order valence-electron chi connectivity index (χ1n) is 5.80. The Balaban J connectivity index is 1.96. The van der Waals surface area contributed by atoms with Crippen LogP contribution < -0.4 is 5.32 Å². The predicted octanol–water partition coefficient (Wildman–Crippen LogP) is 4.00. The van der Waals surface area contributed by atoms with Crippen molar-refractivity contribution in [1.82, 2.24) is 5.32 Å². The highest BCUT2D eigenvalue weighted by atomic mass is 79.9. The van der Waals surface area contributed by atoms with Gasteiger partial charge in [-0.2, -0.15) is 0 Å². The second kappa shape index (κ2) is 6.16. The molecular weight excluding hydrogens is 310 g/mol. The number of rotatable bonds is 4. The minimum atomic E-state index is -0.000300. The lowest BCUT2D eigenvalue weighted by Crippen LogP contribution is -2.21. The maximum Gasteiger partial charge on any atom is 0.261 e. The van der Waals surface area contributed by atoms with Gasteiger partial charge in [0.05, 0.1) is 4.88 Å². The first-order valence-corrected chi connectivity index (χ1v) is 7.41. The highest BCUT2D eigenvalue weighted by Crippen LogP contribution is 2.17. The number of halogens is 1. The van der Waals surface area contributed by atoms with Crippen molar-refractivity contribution in [2.24, 2.45) is 0 Å². The number of thiophene rings is 1. The number of hydrogen-bond acceptors (Lipinski definition) is 2. The van der Waals surface area contributed by atoms with E-state index in [-0.39, 0.29) is 5.91 Å². The van der Waals surface area contributed by atoms with E-state index in [1.807, 2.05) is 36.4 Å². The van der Waals surface area contributed by atoms with Crippen LogP contribution in [0.1, 0.15) is 27.0 Å². The van der Waals surface area contributed by atoms with Crippen LogP contribution in [0.3, 0.4) is 0 Å². The van der Waals surface area contributed by atoms with Crippen LogP contribution in [0.25, 0.3) is 0 Å². The first-order chi connectivity index (χ1) is 8.69. The molecule has 0 aliphatic heterocycles. The van der Waals surface area contributed by atoms with Gasteiger partial charge in [-0.15, -0.1) is 11.3 Å². The first kappa shape index (κ1) is 13.3. The SMILES string of the molecule is CCc1ccc(C(=O)NCc2cccc(Br)c2)s1. The average molecular weight is 324 g/mol. The van der Waals surface area contributed by atoms with Gasteiger partial charge in [0.25, 0.3) is 5.91 Å². The lowest BCUT2D eigenvalue weighted by Gasteiger charge is -2.04. The Morgan fingerprint density at radius 3 is 2.83 bits per heavy atom. The normalized spacial score (nSPS) is 10.3. The van der Waals surface area contributed by atoms with E-state index in [0.717, 1.165) is 21.3 Å². The van der Waals surface area contributed by atoms with Gasteiger partial charge in [-0.05, 0) is 36.2 Å². The zero-order valence-electron chi connectivity index (χ0n) is 10.1. The van der Waals surface area contributed by atoms with E-state index in [1.165, 1.54) is 4.88 Å². The minimum absolute atomic E-state index is 0.000300. The Morgan fingerprint density at radius 1 is 1.33 bits per heavy atom. The van der Waals surface area contributed by atoms with Gasteiger partial charge in [-0.3, -0.25) is 4.79 Å². The molecule has 2 aromatic rings. The summed E-state index contributed by atoms with van der Waals surface area (Å²) in [6.07, 6.45) is 0.976. The summed E-state index contributed by atoms with van der Waals surface area (Å²) in [6, 6.07) is 11.8. The van der Waals surface area contributed by atoms with Gasteiger partial charge < -0.3 is 5.32 Å². The third kappa shape index (κ3) is 3.43. The fraction of sp³-hybridized carbons (Fsp3) is 0.214. The molecule has 0 saturated carbocycles. The average Bonchev–Trinajstić information content (AvgIpc) is 2.85. The van der Waals surface area contributed by atoms with Gasteiger partial charge in [0.1, 0.15) is 0 Å². The smallest absolute Gasteiger partial charge is 0.261 e. The third-order valence-corrected chi connectivity index (χ3v) is 4.30. The van der Waals surface area contributed by atoms with Crippen molar-refractivity contribution in [3.63, 3.8) is 0 Å². The summed E-state index contributed by atoms with van der Waals surface area (Å²) in [5.74, 6) is -0.000300. The fourth-order valence-corrected chi connectivity index (χ4v) is 2.92. The van der Waals surface area contributed by atoms with E-state index in [4.69, 9.17) is 0 Å². The van der Waals surface area contributed by atoms with Crippen LogP contribution in [0, 0.1) is 0 Å². The minimum Gasteiger partial charge on any atom is -0.347 e. The molecule has 1 N–H and O–H groups in total. The Hall–Kier alpha value is -1.13. The molecule has 1 heterocycles. The molecule has 0 spiro atoms. The zero-order chi connectivity index (χ0) is 13.0. The molecule has 0 bridgehead atoms. The van der Waals surface area contributed by atoms with Gasteiger partial charge >= 0.3 is 0 Å². The fourth-order valence-electron chi connectivity index (χ4n) is 1.61. The summed E-state index contributed by atoms with van der Waals surface area (Å²) in [5, 5.41) is 2.93. The summed E-state index contributed by atoms with van der Waals surface area (Å²) in [4.78, 5) is 13.9. The van der Waals surface area contributed by atoms with Crippen molar-refractivity contribution < 1.29 is 4.79 Å². The van der Waals surface area contributed by atoms with Crippen molar-refractivity contribution >= 4 is 33.2 Å². The van der Waals surface area contributed by atoms with Crippen LogP contribution in [0.2, 0.25) is 0 Å². The van der Waals surface area contributed by atoms with E-state index in [0.29, 0.717) is 6.54 Å². The number of nitrogens with one attached hydrogen (secondary N) is 1. The predicted molar refractivity (Wildman–Crippen MR) is 79.0 cm³/mol. The molecular formula is C14H14BrNOS. The summed E-state index contributed by atoms with van der Waals surface area (Å²) in [7, 11) is 0. The Kier molecular flexibility index (Phi) is 4.55. The van der Waals surface area contributed by atoms with E-state index in [1.54, 1.807) is 11.3 Å². The van der Waals surface area contributed by atoms with Crippen molar-refractivity contribution in [3.05, 3.63) is 56.2 Å². The lowest BCUT2D eigenvalue weighted by molar-refractivity contribution is 0.0955. The molecule has 0 saturated heterocycles. The highest BCUT2D eigenvalue weighted by Gasteiger charge is 2.08. The highest BCUT2D eigenvalue weighted by molar-refractivity contribution is 9.10. The standard InChI is InChI=1S/C14H14BrNOS/c1-2-12-6-7-13(18-12)14(17)16-9-10-4-3-5-11(15)8-10/h3-8H,2,9H2,1H3,(H,16,17). The molecule has 0 radical (unpaired) electrons. The van der Waals surface area contributed by atoms with E-state index in [9.17, 15) is 4.79 Å². The van der Waals surface area contributed by atoms with Gasteiger partial charge in [0.15, 0.2) is 0 Å². The van der Waals surface area contributed by atoms with Gasteiger partial charge in [-0.25, -0.2) is 0 Å². The van der Waals surface area contributed by atoms with Crippen LogP contribution in [0.5, 0.6) is 0 Å². The number of amides is 1. The number of carbonyl (C=O) groups excluding carboxylic acids is 1. The second-order valence-corrected chi connectivity index (χ2v) is 6.02. The monoisotopic (exact) mass is 323 g/mol.